The van der Waals surface area contributed by atoms with Gasteiger partial charge in [0.15, 0.2) is 0 Å². The number of hydrogen-bond acceptors (Lipinski definition) is 5. The summed E-state index contributed by atoms with van der Waals surface area (Å²) < 4.78 is 6.96. The average molecular weight is 432 g/mol. The van der Waals surface area contributed by atoms with Gasteiger partial charge in [-0.15, -0.1) is 11.3 Å². The quantitative estimate of drug-likeness (QED) is 0.646. The molecule has 0 radical (unpaired) electrons. The van der Waals surface area contributed by atoms with Gasteiger partial charge in [-0.25, -0.2) is 0 Å². The van der Waals surface area contributed by atoms with E-state index in [9.17, 15) is 4.79 Å². The summed E-state index contributed by atoms with van der Waals surface area (Å²) in [5.41, 5.74) is 1.16. The molecule has 0 aliphatic carbocycles. The van der Waals surface area contributed by atoms with Crippen molar-refractivity contribution >= 4 is 38.9 Å². The van der Waals surface area contributed by atoms with Crippen LogP contribution in [0.2, 0.25) is 5.02 Å². The summed E-state index contributed by atoms with van der Waals surface area (Å²) in [6, 6.07) is 10.1. The predicted molar refractivity (Wildman–Crippen MR) is 119 cm³/mol. The van der Waals surface area contributed by atoms with Gasteiger partial charge in [-0.1, -0.05) is 23.7 Å². The molecular formula is C22H26ClN3O2S. The summed E-state index contributed by atoms with van der Waals surface area (Å²) in [5, 5.41) is 4.57. The van der Waals surface area contributed by atoms with E-state index in [-0.39, 0.29) is 11.9 Å². The van der Waals surface area contributed by atoms with Crippen molar-refractivity contribution in [3.63, 3.8) is 0 Å². The van der Waals surface area contributed by atoms with E-state index < -0.39 is 0 Å². The fourth-order valence-electron chi connectivity index (χ4n) is 3.76. The van der Waals surface area contributed by atoms with E-state index in [0.29, 0.717) is 16.4 Å². The van der Waals surface area contributed by atoms with E-state index in [4.69, 9.17) is 16.0 Å². The molecule has 4 rings (SSSR count). The second kappa shape index (κ2) is 8.48. The molecule has 1 aromatic carbocycles. The van der Waals surface area contributed by atoms with E-state index >= 15 is 0 Å². The Balaban J connectivity index is 1.52. The van der Waals surface area contributed by atoms with E-state index in [0.717, 1.165) is 53.3 Å². The lowest BCUT2D eigenvalue weighted by Crippen LogP contribution is -2.48. The molecule has 154 valence electrons. The summed E-state index contributed by atoms with van der Waals surface area (Å²) in [6.45, 7) is 8.37. The molecule has 1 atom stereocenters. The number of aryl methyl sites for hydroxylation is 2. The van der Waals surface area contributed by atoms with Crippen molar-refractivity contribution in [2.45, 2.75) is 19.9 Å². The molecule has 5 nitrogen and oxygen atoms in total. The van der Waals surface area contributed by atoms with Crippen molar-refractivity contribution in [2.75, 3.05) is 39.8 Å². The van der Waals surface area contributed by atoms with Crippen LogP contribution < -0.4 is 5.32 Å². The number of likely N-dealkylation sites (N-methyl/N-ethyl adjacent to an activating group) is 1. The molecule has 0 bridgehead atoms. The summed E-state index contributed by atoms with van der Waals surface area (Å²) in [4.78, 5) is 18.2. The number of piperazine rings is 1. The van der Waals surface area contributed by atoms with Crippen LogP contribution in [0.4, 0.5) is 0 Å². The highest BCUT2D eigenvalue weighted by atomic mass is 35.5. The highest BCUT2D eigenvalue weighted by Gasteiger charge is 2.27. The van der Waals surface area contributed by atoms with E-state index in [1.54, 1.807) is 0 Å². The second-order valence-corrected chi connectivity index (χ2v) is 9.19. The number of nitrogens with zero attached hydrogens (tertiary/aromatic N) is 2. The molecule has 3 heterocycles. The lowest BCUT2D eigenvalue weighted by molar-refractivity contribution is 0.0852. The molecule has 0 spiro atoms. The van der Waals surface area contributed by atoms with Crippen LogP contribution >= 0.6 is 22.9 Å². The molecule has 7 heteroatoms. The molecule has 0 saturated carbocycles. The molecule has 1 amide bonds. The maximum Gasteiger partial charge on any atom is 0.263 e. The Morgan fingerprint density at radius 1 is 1.21 bits per heavy atom. The number of carbonyl (C=O) groups is 1. The summed E-state index contributed by atoms with van der Waals surface area (Å²) >= 11 is 7.97. The Kier molecular flexibility index (Phi) is 5.97. The van der Waals surface area contributed by atoms with Crippen molar-refractivity contribution in [2.24, 2.45) is 0 Å². The zero-order valence-electron chi connectivity index (χ0n) is 17.0. The van der Waals surface area contributed by atoms with Crippen molar-refractivity contribution < 1.29 is 9.21 Å². The van der Waals surface area contributed by atoms with Gasteiger partial charge in [0.05, 0.1) is 11.1 Å². The van der Waals surface area contributed by atoms with Gasteiger partial charge in [0.1, 0.15) is 16.4 Å². The Morgan fingerprint density at radius 3 is 2.66 bits per heavy atom. The Morgan fingerprint density at radius 2 is 1.97 bits per heavy atom. The molecule has 1 aliphatic rings. The number of furan rings is 1. The van der Waals surface area contributed by atoms with Crippen LogP contribution in [0.5, 0.6) is 0 Å². The van der Waals surface area contributed by atoms with Crippen molar-refractivity contribution in [1.29, 1.82) is 0 Å². The lowest BCUT2D eigenvalue weighted by atomic mass is 10.1. The minimum Gasteiger partial charge on any atom is -0.465 e. The first-order chi connectivity index (χ1) is 13.9. The molecule has 0 unspecified atom stereocenters. The van der Waals surface area contributed by atoms with Crippen LogP contribution in [0.3, 0.4) is 0 Å². The normalized spacial score (nSPS) is 17.0. The minimum atomic E-state index is -0.128. The van der Waals surface area contributed by atoms with Crippen LogP contribution in [0.1, 0.15) is 32.8 Å². The number of halogens is 1. The van der Waals surface area contributed by atoms with Gasteiger partial charge < -0.3 is 14.6 Å². The smallest absolute Gasteiger partial charge is 0.263 e. The summed E-state index contributed by atoms with van der Waals surface area (Å²) in [5.74, 6) is 1.65. The monoisotopic (exact) mass is 431 g/mol. The Bertz CT molecular complexity index is 1020. The molecule has 29 heavy (non-hydrogen) atoms. The van der Waals surface area contributed by atoms with Crippen molar-refractivity contribution in [3.8, 4) is 0 Å². The number of nitrogens with one attached hydrogen (secondary N) is 1. The number of hydrogen-bond donors (Lipinski definition) is 1. The summed E-state index contributed by atoms with van der Waals surface area (Å²) in [6.07, 6.45) is 0. The third-order valence-corrected chi connectivity index (χ3v) is 7.17. The molecule has 3 aromatic rings. The minimum absolute atomic E-state index is 0.0109. The van der Waals surface area contributed by atoms with Gasteiger partial charge in [-0.2, -0.15) is 0 Å². The van der Waals surface area contributed by atoms with E-state index in [2.05, 4.69) is 28.2 Å². The van der Waals surface area contributed by atoms with E-state index in [1.807, 2.05) is 38.1 Å². The molecular weight excluding hydrogens is 406 g/mol. The fourth-order valence-corrected chi connectivity index (χ4v) is 5.30. The Hall–Kier alpha value is -1.86. The number of fused-ring (bicyclic) bond motifs is 1. The lowest BCUT2D eigenvalue weighted by Gasteiger charge is -2.37. The largest absolute Gasteiger partial charge is 0.465 e. The van der Waals surface area contributed by atoms with Crippen LogP contribution in [0, 0.1) is 13.8 Å². The predicted octanol–water partition coefficient (Wildman–Crippen LogP) is 4.48. The highest BCUT2D eigenvalue weighted by molar-refractivity contribution is 7.21. The van der Waals surface area contributed by atoms with Crippen LogP contribution in [-0.2, 0) is 0 Å². The third kappa shape index (κ3) is 4.36. The topological polar surface area (TPSA) is 48.7 Å². The van der Waals surface area contributed by atoms with Gasteiger partial charge in [0, 0.05) is 42.8 Å². The SMILES string of the molecule is Cc1ccc2c(Cl)c(C(=O)NC[C@@H](c3ccc(C)o3)N3CCN(C)CC3)sc2c1. The molecule has 1 aliphatic heterocycles. The van der Waals surface area contributed by atoms with Crippen molar-refractivity contribution in [3.05, 3.63) is 57.3 Å². The van der Waals surface area contributed by atoms with Gasteiger partial charge in [0.25, 0.3) is 5.91 Å². The van der Waals surface area contributed by atoms with Gasteiger partial charge in [0.2, 0.25) is 0 Å². The number of thiophene rings is 1. The standard InChI is InChI=1S/C22H26ClN3O2S/c1-14-4-6-16-19(12-14)29-21(20(16)23)22(27)24-13-17(18-7-5-15(2)28-18)26-10-8-25(3)9-11-26/h4-7,12,17H,8-11,13H2,1-3H3,(H,24,27)/t17-/m0/s1. The van der Waals surface area contributed by atoms with Crippen LogP contribution in [-0.4, -0.2) is 55.5 Å². The van der Waals surface area contributed by atoms with Gasteiger partial charge in [-0.05, 0) is 44.7 Å². The third-order valence-electron chi connectivity index (χ3n) is 5.52. The number of carbonyl (C=O) groups excluding carboxylic acids is 1. The number of benzene rings is 1. The van der Waals surface area contributed by atoms with Crippen molar-refractivity contribution in [1.82, 2.24) is 15.1 Å². The molecule has 1 fully saturated rings. The maximum absolute atomic E-state index is 13.0. The number of rotatable bonds is 5. The average Bonchev–Trinajstić information content (AvgIpc) is 3.26. The maximum atomic E-state index is 13.0. The number of amides is 1. The van der Waals surface area contributed by atoms with Gasteiger partial charge in [-0.3, -0.25) is 9.69 Å². The molecule has 2 aromatic heterocycles. The second-order valence-electron chi connectivity index (χ2n) is 7.76. The molecule has 1 saturated heterocycles. The van der Waals surface area contributed by atoms with Crippen LogP contribution in [0.25, 0.3) is 10.1 Å². The summed E-state index contributed by atoms with van der Waals surface area (Å²) in [7, 11) is 2.14. The first kappa shape index (κ1) is 20.4. The Labute approximate surface area is 180 Å². The highest BCUT2D eigenvalue weighted by Crippen LogP contribution is 2.36. The first-order valence-corrected chi connectivity index (χ1v) is 11.1. The zero-order chi connectivity index (χ0) is 20.5. The molecule has 1 N–H and O–H groups in total. The van der Waals surface area contributed by atoms with Gasteiger partial charge >= 0.3 is 0 Å². The zero-order valence-corrected chi connectivity index (χ0v) is 18.6. The van der Waals surface area contributed by atoms with E-state index in [1.165, 1.54) is 11.3 Å². The van der Waals surface area contributed by atoms with Crippen LogP contribution in [0.15, 0.2) is 34.7 Å². The fraction of sp³-hybridized carbons (Fsp3) is 0.409. The first-order valence-electron chi connectivity index (χ1n) is 9.88.